The fourth-order valence-electron chi connectivity index (χ4n) is 6.48. The zero-order valence-electron chi connectivity index (χ0n) is 31.1. The molecule has 2 aromatic carbocycles. The van der Waals surface area contributed by atoms with E-state index in [1.165, 1.54) is 141 Å². The first-order chi connectivity index (χ1) is 23.7. The van der Waals surface area contributed by atoms with Gasteiger partial charge in [0.2, 0.25) is 0 Å². The van der Waals surface area contributed by atoms with E-state index in [0.717, 1.165) is 36.8 Å². The Bertz CT molecular complexity index is 992. The average molecular weight is 663 g/mol. The molecule has 270 valence electrons. The van der Waals surface area contributed by atoms with Gasteiger partial charge in [0.25, 0.3) is 0 Å². The molecule has 48 heavy (non-hydrogen) atoms. The first kappa shape index (κ1) is 41.6. The second-order valence-corrected chi connectivity index (χ2v) is 13.9. The number of benzene rings is 2. The number of carbonyl (C=O) groups excluding carboxylic acids is 2. The van der Waals surface area contributed by atoms with Crippen LogP contribution in [-0.2, 0) is 9.59 Å². The molecule has 0 fully saturated rings. The molecule has 0 aliphatic rings. The maximum Gasteiger partial charge on any atom is 0.311 e. The Morgan fingerprint density at radius 2 is 0.625 bits per heavy atom. The lowest BCUT2D eigenvalue weighted by Crippen LogP contribution is -2.10. The van der Waals surface area contributed by atoms with Crippen molar-refractivity contribution in [3.63, 3.8) is 0 Å². The normalized spacial score (nSPS) is 11.1. The molecule has 0 saturated carbocycles. The summed E-state index contributed by atoms with van der Waals surface area (Å²) in [4.78, 5) is 25.5. The minimum absolute atomic E-state index is 0.206. The van der Waals surface area contributed by atoms with Crippen molar-refractivity contribution in [2.24, 2.45) is 0 Å². The van der Waals surface area contributed by atoms with Crippen molar-refractivity contribution in [3.05, 3.63) is 48.5 Å². The van der Waals surface area contributed by atoms with Gasteiger partial charge in [-0.2, -0.15) is 0 Å². The molecular weight excluding hydrogens is 592 g/mol. The number of para-hydroxylation sites is 2. The van der Waals surface area contributed by atoms with Crippen molar-refractivity contribution in [3.8, 4) is 22.6 Å². The van der Waals surface area contributed by atoms with Crippen molar-refractivity contribution >= 4 is 11.9 Å². The molecule has 0 aromatic heterocycles. The lowest BCUT2D eigenvalue weighted by molar-refractivity contribution is -0.135. The van der Waals surface area contributed by atoms with E-state index in [1.807, 2.05) is 48.5 Å². The third kappa shape index (κ3) is 20.7. The zero-order chi connectivity index (χ0) is 34.3. The number of carbonyl (C=O) groups is 2. The van der Waals surface area contributed by atoms with Crippen LogP contribution in [0, 0.1) is 0 Å². The van der Waals surface area contributed by atoms with Crippen LogP contribution in [-0.4, -0.2) is 11.9 Å². The maximum absolute atomic E-state index is 12.8. The van der Waals surface area contributed by atoms with Crippen LogP contribution in [0.1, 0.15) is 194 Å². The predicted molar refractivity (Wildman–Crippen MR) is 204 cm³/mol. The van der Waals surface area contributed by atoms with Crippen LogP contribution in [0.25, 0.3) is 11.1 Å². The van der Waals surface area contributed by atoms with Gasteiger partial charge < -0.3 is 9.47 Å². The minimum atomic E-state index is -0.206. The second kappa shape index (κ2) is 29.3. The van der Waals surface area contributed by atoms with Gasteiger partial charge in [-0.3, -0.25) is 9.59 Å². The van der Waals surface area contributed by atoms with Gasteiger partial charge in [-0.1, -0.05) is 204 Å². The van der Waals surface area contributed by atoms with Gasteiger partial charge in [-0.15, -0.1) is 0 Å². The number of esters is 2. The van der Waals surface area contributed by atoms with E-state index in [0.29, 0.717) is 24.3 Å². The Balaban J connectivity index is 1.64. The van der Waals surface area contributed by atoms with Gasteiger partial charge in [0.15, 0.2) is 0 Å². The molecule has 0 aliphatic heterocycles. The van der Waals surface area contributed by atoms with Gasteiger partial charge in [-0.05, 0) is 25.0 Å². The van der Waals surface area contributed by atoms with Gasteiger partial charge in [0.05, 0.1) is 0 Å². The van der Waals surface area contributed by atoms with Crippen LogP contribution in [0.2, 0.25) is 0 Å². The topological polar surface area (TPSA) is 52.6 Å². The monoisotopic (exact) mass is 663 g/mol. The molecule has 0 radical (unpaired) electrons. The van der Waals surface area contributed by atoms with Crippen molar-refractivity contribution in [1.29, 1.82) is 0 Å². The van der Waals surface area contributed by atoms with E-state index in [9.17, 15) is 9.59 Å². The summed E-state index contributed by atoms with van der Waals surface area (Å²) in [5.41, 5.74) is 1.53. The summed E-state index contributed by atoms with van der Waals surface area (Å²) >= 11 is 0. The summed E-state index contributed by atoms with van der Waals surface area (Å²) in [6.07, 6.45) is 34.0. The quantitative estimate of drug-likeness (QED) is 0.0458. The third-order valence-corrected chi connectivity index (χ3v) is 9.48. The molecule has 2 aromatic rings. The van der Waals surface area contributed by atoms with Crippen LogP contribution in [0.5, 0.6) is 11.5 Å². The van der Waals surface area contributed by atoms with Crippen molar-refractivity contribution in [2.75, 3.05) is 0 Å². The maximum atomic E-state index is 12.8. The Kier molecular flexibility index (Phi) is 25.4. The minimum Gasteiger partial charge on any atom is -0.426 e. The molecule has 2 rings (SSSR count). The molecule has 0 amide bonds. The second-order valence-electron chi connectivity index (χ2n) is 13.9. The van der Waals surface area contributed by atoms with Crippen LogP contribution in [0.3, 0.4) is 0 Å². The lowest BCUT2D eigenvalue weighted by atomic mass is 10.0. The largest absolute Gasteiger partial charge is 0.426 e. The highest BCUT2D eigenvalue weighted by atomic mass is 16.5. The summed E-state index contributed by atoms with van der Waals surface area (Å²) in [6, 6.07) is 15.1. The molecule has 0 N–H and O–H groups in total. The Labute approximate surface area is 295 Å². The first-order valence-corrected chi connectivity index (χ1v) is 20.3. The summed E-state index contributed by atoms with van der Waals surface area (Å²) in [5.74, 6) is 0.610. The molecule has 0 heterocycles. The number of ether oxygens (including phenoxy) is 2. The SMILES string of the molecule is CCCCCCCCCCCCCCCC(=O)Oc1ccccc1-c1ccccc1OC(=O)CCCCCCCCCCCCCCC. The summed E-state index contributed by atoms with van der Waals surface area (Å²) in [7, 11) is 0. The third-order valence-electron chi connectivity index (χ3n) is 9.48. The van der Waals surface area contributed by atoms with Gasteiger partial charge in [-0.25, -0.2) is 0 Å². The van der Waals surface area contributed by atoms with Crippen LogP contribution in [0.4, 0.5) is 0 Å². The van der Waals surface area contributed by atoms with Crippen LogP contribution < -0.4 is 9.47 Å². The fraction of sp³-hybridized carbons (Fsp3) is 0.682. The van der Waals surface area contributed by atoms with Crippen molar-refractivity contribution < 1.29 is 19.1 Å². The molecule has 0 spiro atoms. The van der Waals surface area contributed by atoms with E-state index in [1.54, 1.807) is 0 Å². The fourth-order valence-corrected chi connectivity index (χ4v) is 6.48. The molecule has 4 heteroatoms. The molecule has 0 bridgehead atoms. The van der Waals surface area contributed by atoms with Gasteiger partial charge in [0, 0.05) is 24.0 Å². The Morgan fingerprint density at radius 1 is 0.375 bits per heavy atom. The summed E-state index contributed by atoms with van der Waals surface area (Å²) in [5, 5.41) is 0. The first-order valence-electron chi connectivity index (χ1n) is 20.3. The van der Waals surface area contributed by atoms with E-state index in [-0.39, 0.29) is 11.9 Å². The molecular formula is C44H70O4. The van der Waals surface area contributed by atoms with Gasteiger partial charge >= 0.3 is 11.9 Å². The van der Waals surface area contributed by atoms with E-state index >= 15 is 0 Å². The van der Waals surface area contributed by atoms with E-state index in [4.69, 9.17) is 9.47 Å². The molecule has 4 nitrogen and oxygen atoms in total. The van der Waals surface area contributed by atoms with Crippen LogP contribution in [0.15, 0.2) is 48.5 Å². The summed E-state index contributed by atoms with van der Waals surface area (Å²) < 4.78 is 11.7. The number of hydrogen-bond acceptors (Lipinski definition) is 4. The highest BCUT2D eigenvalue weighted by Gasteiger charge is 2.16. The Morgan fingerprint density at radius 3 is 0.917 bits per heavy atom. The van der Waals surface area contributed by atoms with Crippen molar-refractivity contribution in [2.45, 2.75) is 194 Å². The van der Waals surface area contributed by atoms with E-state index < -0.39 is 0 Å². The summed E-state index contributed by atoms with van der Waals surface area (Å²) in [6.45, 7) is 4.54. The van der Waals surface area contributed by atoms with E-state index in [2.05, 4.69) is 13.8 Å². The molecule has 0 saturated heterocycles. The molecule has 0 atom stereocenters. The van der Waals surface area contributed by atoms with Crippen LogP contribution >= 0.6 is 0 Å². The number of hydrogen-bond donors (Lipinski definition) is 0. The number of rotatable bonds is 31. The van der Waals surface area contributed by atoms with Gasteiger partial charge in [0.1, 0.15) is 11.5 Å². The highest BCUT2D eigenvalue weighted by Crippen LogP contribution is 2.36. The molecule has 0 aliphatic carbocycles. The standard InChI is InChI=1S/C44H70O4/c1-3-5-7-9-11-13-15-17-19-21-23-25-27-37-43(45)47-41-35-31-29-33-39(41)40-34-30-32-36-42(40)48-44(46)38-28-26-24-22-20-18-16-14-12-10-8-6-4-2/h29-36H,3-28,37-38H2,1-2H3. The highest BCUT2D eigenvalue weighted by molar-refractivity contribution is 5.82. The Hall–Kier alpha value is -2.62. The lowest BCUT2D eigenvalue weighted by Gasteiger charge is -2.14. The predicted octanol–water partition coefficient (Wildman–Crippen LogP) is 14.1. The number of unbranched alkanes of at least 4 members (excludes halogenated alkanes) is 24. The van der Waals surface area contributed by atoms with Crippen molar-refractivity contribution in [1.82, 2.24) is 0 Å². The average Bonchev–Trinajstić information content (AvgIpc) is 3.09. The molecule has 0 unspecified atom stereocenters. The smallest absolute Gasteiger partial charge is 0.311 e. The zero-order valence-corrected chi connectivity index (χ0v) is 31.1.